The number of likely N-dealkylation sites (tertiary alicyclic amines) is 1. The Labute approximate surface area is 180 Å². The first-order chi connectivity index (χ1) is 14.8. The first-order valence-electron chi connectivity index (χ1n) is 10.1. The number of hydrogen-bond acceptors (Lipinski definition) is 5. The fraction of sp³-hybridized carbons (Fsp3) is 0.435. The molecule has 3 aliphatic heterocycles. The van der Waals surface area contributed by atoms with E-state index in [1.807, 2.05) is 12.1 Å². The van der Waals surface area contributed by atoms with E-state index in [0.29, 0.717) is 5.75 Å². The van der Waals surface area contributed by atoms with Crippen molar-refractivity contribution in [1.82, 2.24) is 15.5 Å². The lowest BCUT2D eigenvalue weighted by atomic mass is 9.70. The summed E-state index contributed by atoms with van der Waals surface area (Å²) in [6.45, 7) is 1.98. The topological polar surface area (TPSA) is 97.0 Å². The summed E-state index contributed by atoms with van der Waals surface area (Å²) in [5.41, 5.74) is -1.32. The van der Waals surface area contributed by atoms with Gasteiger partial charge in [0, 0.05) is 13.6 Å². The van der Waals surface area contributed by atoms with Gasteiger partial charge in [0.15, 0.2) is 0 Å². The molecule has 3 amide bonds. The number of amides is 3. The summed E-state index contributed by atoms with van der Waals surface area (Å²) in [4.78, 5) is 40.7. The van der Waals surface area contributed by atoms with Crippen LogP contribution in [0.2, 0.25) is 0 Å². The number of terminal acetylenes is 1. The molecule has 1 aromatic rings. The van der Waals surface area contributed by atoms with Gasteiger partial charge in [-0.1, -0.05) is 30.2 Å². The molecule has 0 aliphatic carbocycles. The van der Waals surface area contributed by atoms with Crippen LogP contribution in [0.15, 0.2) is 36.4 Å². The molecule has 0 saturated carbocycles. The first kappa shape index (κ1) is 20.9. The molecule has 3 aliphatic rings. The van der Waals surface area contributed by atoms with Crippen molar-refractivity contribution < 1.29 is 23.9 Å². The van der Waals surface area contributed by atoms with Crippen LogP contribution >= 0.6 is 0 Å². The molecular formula is C23H25N3O5. The zero-order valence-electron chi connectivity index (χ0n) is 17.7. The summed E-state index contributed by atoms with van der Waals surface area (Å²) < 4.78 is 11.4. The second kappa shape index (κ2) is 7.43. The average molecular weight is 423 g/mol. The van der Waals surface area contributed by atoms with E-state index in [0.717, 1.165) is 5.56 Å². The highest BCUT2D eigenvalue weighted by Gasteiger charge is 2.75. The lowest BCUT2D eigenvalue weighted by Crippen LogP contribution is -2.54. The molecule has 1 aromatic carbocycles. The van der Waals surface area contributed by atoms with Crippen LogP contribution in [0.4, 0.5) is 0 Å². The van der Waals surface area contributed by atoms with Gasteiger partial charge in [0.05, 0.1) is 31.1 Å². The van der Waals surface area contributed by atoms with E-state index in [1.165, 1.54) is 11.9 Å². The van der Waals surface area contributed by atoms with Crippen LogP contribution in [0, 0.1) is 24.2 Å². The van der Waals surface area contributed by atoms with Gasteiger partial charge in [-0.3, -0.25) is 14.4 Å². The summed E-state index contributed by atoms with van der Waals surface area (Å²) in [6.07, 6.45) is 9.02. The van der Waals surface area contributed by atoms with Gasteiger partial charge in [0.25, 0.3) is 0 Å². The number of nitrogens with zero attached hydrogens (tertiary/aromatic N) is 1. The molecule has 2 fully saturated rings. The molecule has 8 nitrogen and oxygen atoms in total. The molecule has 4 rings (SSSR count). The van der Waals surface area contributed by atoms with Crippen molar-refractivity contribution in [3.8, 4) is 18.1 Å². The summed E-state index contributed by atoms with van der Waals surface area (Å²) in [5.74, 6) is 0.593. The molecule has 31 heavy (non-hydrogen) atoms. The third-order valence-electron chi connectivity index (χ3n) is 6.46. The quantitative estimate of drug-likeness (QED) is 0.505. The Kier molecular flexibility index (Phi) is 5.02. The third kappa shape index (κ3) is 3.00. The molecule has 0 radical (unpaired) electrons. The van der Waals surface area contributed by atoms with Crippen molar-refractivity contribution in [2.24, 2.45) is 11.8 Å². The van der Waals surface area contributed by atoms with Gasteiger partial charge in [0.1, 0.15) is 17.4 Å². The Balaban J connectivity index is 1.63. The SMILES string of the molecule is C#CCN1C(=O)[C@@H]2[C@H](C(=O)NC)[C@@]3(C)C=C[C@@]2(O3)[C@@H]1C(=O)NCc1ccc(OC)cc1. The smallest absolute Gasteiger partial charge is 0.246 e. The molecule has 0 aromatic heterocycles. The lowest BCUT2D eigenvalue weighted by molar-refractivity contribution is -0.144. The molecule has 2 bridgehead atoms. The minimum Gasteiger partial charge on any atom is -0.497 e. The van der Waals surface area contributed by atoms with Gasteiger partial charge >= 0.3 is 0 Å². The molecule has 5 atom stereocenters. The molecule has 2 saturated heterocycles. The molecule has 3 heterocycles. The van der Waals surface area contributed by atoms with Crippen LogP contribution in [-0.4, -0.2) is 60.6 Å². The summed E-state index contributed by atoms with van der Waals surface area (Å²) in [7, 11) is 3.10. The van der Waals surface area contributed by atoms with E-state index in [1.54, 1.807) is 38.3 Å². The van der Waals surface area contributed by atoms with E-state index in [2.05, 4.69) is 16.6 Å². The zero-order chi connectivity index (χ0) is 22.4. The minimum atomic E-state index is -1.23. The largest absolute Gasteiger partial charge is 0.497 e. The number of fused-ring (bicyclic) bond motifs is 1. The number of nitrogens with one attached hydrogen (secondary N) is 2. The van der Waals surface area contributed by atoms with E-state index >= 15 is 0 Å². The lowest BCUT2D eigenvalue weighted by Gasteiger charge is -2.32. The number of ether oxygens (including phenoxy) is 2. The minimum absolute atomic E-state index is 0.0495. The molecule has 8 heteroatoms. The number of methoxy groups -OCH3 is 1. The van der Waals surface area contributed by atoms with Crippen LogP contribution in [0.3, 0.4) is 0 Å². The fourth-order valence-electron chi connectivity index (χ4n) is 5.08. The third-order valence-corrected chi connectivity index (χ3v) is 6.46. The van der Waals surface area contributed by atoms with Gasteiger partial charge in [0.2, 0.25) is 17.7 Å². The Morgan fingerprint density at radius 1 is 1.26 bits per heavy atom. The second-order valence-electron chi connectivity index (χ2n) is 8.18. The van der Waals surface area contributed by atoms with Gasteiger partial charge in [-0.25, -0.2) is 0 Å². The second-order valence-corrected chi connectivity index (χ2v) is 8.18. The number of rotatable bonds is 6. The molecule has 2 N–H and O–H groups in total. The Bertz CT molecular complexity index is 997. The molecule has 162 valence electrons. The maximum Gasteiger partial charge on any atom is 0.246 e. The predicted octanol–water partition coefficient (Wildman–Crippen LogP) is 0.231. The van der Waals surface area contributed by atoms with Crippen molar-refractivity contribution in [3.05, 3.63) is 42.0 Å². The van der Waals surface area contributed by atoms with Crippen molar-refractivity contribution in [1.29, 1.82) is 0 Å². The van der Waals surface area contributed by atoms with Crippen LogP contribution in [0.5, 0.6) is 5.75 Å². The van der Waals surface area contributed by atoms with E-state index in [9.17, 15) is 14.4 Å². The van der Waals surface area contributed by atoms with Crippen molar-refractivity contribution in [2.45, 2.75) is 30.7 Å². The van der Waals surface area contributed by atoms with Gasteiger partial charge in [-0.05, 0) is 24.6 Å². The van der Waals surface area contributed by atoms with E-state index in [-0.39, 0.29) is 30.8 Å². The standard InChI is InChI=1S/C23H25N3O5/c1-5-12-26-18(20(28)25-13-14-6-8-15(30-4)9-7-14)23-11-10-22(2,31-23)16(19(27)24-3)17(23)21(26)29/h1,6-11,16-18H,12-13H2,2-4H3,(H,24,27)(H,25,28)/t16-,17+,18+,22-,23+/m1/s1. The maximum atomic E-state index is 13.3. The van der Waals surface area contributed by atoms with Crippen LogP contribution in [-0.2, 0) is 25.7 Å². The van der Waals surface area contributed by atoms with E-state index < -0.39 is 29.1 Å². The maximum absolute atomic E-state index is 13.3. The normalized spacial score (nSPS) is 32.5. The first-order valence-corrected chi connectivity index (χ1v) is 10.1. The summed E-state index contributed by atoms with van der Waals surface area (Å²) in [6, 6.07) is 6.34. The van der Waals surface area contributed by atoms with Gasteiger partial charge < -0.3 is 25.0 Å². The summed E-state index contributed by atoms with van der Waals surface area (Å²) >= 11 is 0. The fourth-order valence-corrected chi connectivity index (χ4v) is 5.08. The molecule has 1 spiro atoms. The number of carbonyl (C=O) groups is 3. The highest BCUT2D eigenvalue weighted by molar-refractivity contribution is 6.00. The van der Waals surface area contributed by atoms with Crippen LogP contribution in [0.1, 0.15) is 12.5 Å². The van der Waals surface area contributed by atoms with Crippen molar-refractivity contribution >= 4 is 17.7 Å². The monoisotopic (exact) mass is 423 g/mol. The van der Waals surface area contributed by atoms with Crippen molar-refractivity contribution in [3.63, 3.8) is 0 Å². The van der Waals surface area contributed by atoms with Gasteiger partial charge in [-0.2, -0.15) is 0 Å². The zero-order valence-corrected chi connectivity index (χ0v) is 17.7. The molecular weight excluding hydrogens is 398 g/mol. The van der Waals surface area contributed by atoms with Gasteiger partial charge in [-0.15, -0.1) is 6.42 Å². The Hall–Kier alpha value is -3.31. The van der Waals surface area contributed by atoms with E-state index in [4.69, 9.17) is 15.9 Å². The van der Waals surface area contributed by atoms with Crippen LogP contribution < -0.4 is 15.4 Å². The summed E-state index contributed by atoms with van der Waals surface area (Å²) in [5, 5.41) is 5.51. The number of carbonyl (C=O) groups excluding carboxylic acids is 3. The average Bonchev–Trinajstić information content (AvgIpc) is 3.33. The molecule has 0 unspecified atom stereocenters. The Morgan fingerprint density at radius 3 is 2.58 bits per heavy atom. The highest BCUT2D eigenvalue weighted by Crippen LogP contribution is 2.59. The highest BCUT2D eigenvalue weighted by atomic mass is 16.5. The predicted molar refractivity (Wildman–Crippen MR) is 112 cm³/mol. The van der Waals surface area contributed by atoms with Crippen molar-refractivity contribution in [2.75, 3.05) is 20.7 Å². The Morgan fingerprint density at radius 2 is 1.97 bits per heavy atom. The number of hydrogen-bond donors (Lipinski definition) is 2. The number of benzene rings is 1. The van der Waals surface area contributed by atoms with Crippen LogP contribution in [0.25, 0.3) is 0 Å².